The van der Waals surface area contributed by atoms with Crippen LogP contribution in [0.1, 0.15) is 24.9 Å². The number of phosphoric acid groups is 1. The maximum Gasteiger partial charge on any atom is 0.472 e. The van der Waals surface area contributed by atoms with Crippen LogP contribution >= 0.6 is 7.82 Å². The molecule has 0 amide bonds. The van der Waals surface area contributed by atoms with Gasteiger partial charge in [-0.3, -0.25) is 18.2 Å². The zero-order valence-electron chi connectivity index (χ0n) is 19.4. The van der Waals surface area contributed by atoms with E-state index < -0.39 is 80.8 Å². The van der Waals surface area contributed by atoms with E-state index in [0.717, 1.165) is 9.13 Å². The second-order valence-electron chi connectivity index (χ2n) is 9.20. The standard InChI is InChI=1S/C20H29N6O10P/c21-13-1-3-25(19(31)23-13)11-6-10(15(28)16(11)29)8-35-37(33,34)36-18-9(7-27)5-12(17(18)30)26-4-2-14(22)24-20(26)32/h1-4,9-12,15-18,27-30H,5-8H2,(H,33,34)(H2,21,23,31)(H2,22,24,32)/t9-,10-,11-,12-,15-,16+,17+,18-/m1/s1. The molecule has 2 fully saturated rings. The Hall–Kier alpha value is -2.69. The van der Waals surface area contributed by atoms with Crippen molar-refractivity contribution in [2.45, 2.75) is 49.3 Å². The van der Waals surface area contributed by atoms with E-state index in [-0.39, 0.29) is 24.5 Å². The highest BCUT2D eigenvalue weighted by atomic mass is 31.2. The largest absolute Gasteiger partial charge is 0.472 e. The van der Waals surface area contributed by atoms with Gasteiger partial charge in [0, 0.05) is 30.8 Å². The number of phosphoric ester groups is 1. The van der Waals surface area contributed by atoms with Gasteiger partial charge < -0.3 is 36.8 Å². The smallest absolute Gasteiger partial charge is 0.396 e. The highest BCUT2D eigenvalue weighted by Gasteiger charge is 2.49. The van der Waals surface area contributed by atoms with Crippen molar-refractivity contribution in [1.82, 2.24) is 19.1 Å². The van der Waals surface area contributed by atoms with Gasteiger partial charge >= 0.3 is 19.2 Å². The number of hydrogen-bond acceptors (Lipinski definition) is 13. The summed E-state index contributed by atoms with van der Waals surface area (Å²) in [5.74, 6) is -1.71. The fourth-order valence-corrected chi connectivity index (χ4v) is 6.00. The van der Waals surface area contributed by atoms with Crippen molar-refractivity contribution in [3.8, 4) is 0 Å². The molecule has 0 radical (unpaired) electrons. The Labute approximate surface area is 209 Å². The molecule has 204 valence electrons. The third-order valence-electron chi connectivity index (χ3n) is 6.87. The van der Waals surface area contributed by atoms with Crippen LogP contribution in [0.5, 0.6) is 0 Å². The summed E-state index contributed by atoms with van der Waals surface area (Å²) >= 11 is 0. The Morgan fingerprint density at radius 2 is 1.43 bits per heavy atom. The number of aliphatic hydroxyl groups is 4. The monoisotopic (exact) mass is 544 g/mol. The number of nitrogens with zero attached hydrogens (tertiary/aromatic N) is 4. The van der Waals surface area contributed by atoms with Crippen LogP contribution in [0.25, 0.3) is 0 Å². The minimum Gasteiger partial charge on any atom is -0.396 e. The highest BCUT2D eigenvalue weighted by molar-refractivity contribution is 7.47. The van der Waals surface area contributed by atoms with Gasteiger partial charge in [0.25, 0.3) is 0 Å². The lowest BCUT2D eigenvalue weighted by Gasteiger charge is -2.25. The second-order valence-corrected chi connectivity index (χ2v) is 10.6. The fourth-order valence-electron chi connectivity index (χ4n) is 4.96. The molecule has 2 aromatic rings. The van der Waals surface area contributed by atoms with Gasteiger partial charge in [0.05, 0.1) is 24.8 Å². The normalized spacial score (nSPS) is 33.4. The van der Waals surface area contributed by atoms with Gasteiger partial charge in [0.1, 0.15) is 29.9 Å². The molecule has 17 heteroatoms. The number of hydrogen-bond donors (Lipinski definition) is 7. The Morgan fingerprint density at radius 3 is 1.95 bits per heavy atom. The molecule has 37 heavy (non-hydrogen) atoms. The van der Waals surface area contributed by atoms with Gasteiger partial charge in [-0.25, -0.2) is 14.2 Å². The Balaban J connectivity index is 1.42. The zero-order valence-corrected chi connectivity index (χ0v) is 20.3. The van der Waals surface area contributed by atoms with Crippen molar-refractivity contribution < 1.29 is 38.9 Å². The number of anilines is 2. The summed E-state index contributed by atoms with van der Waals surface area (Å²) in [6, 6.07) is 0.902. The Bertz CT molecular complexity index is 1290. The van der Waals surface area contributed by atoms with Crippen LogP contribution in [0.15, 0.2) is 34.1 Å². The first-order chi connectivity index (χ1) is 17.4. The molecule has 0 bridgehead atoms. The van der Waals surface area contributed by atoms with Crippen LogP contribution in [-0.2, 0) is 13.6 Å². The van der Waals surface area contributed by atoms with Crippen molar-refractivity contribution >= 4 is 19.5 Å². The number of nitrogen functional groups attached to an aromatic ring is 2. The molecule has 0 aromatic carbocycles. The van der Waals surface area contributed by atoms with Crippen LogP contribution in [0.3, 0.4) is 0 Å². The van der Waals surface area contributed by atoms with E-state index in [1.807, 2.05) is 0 Å². The van der Waals surface area contributed by atoms with E-state index in [2.05, 4.69) is 9.97 Å². The molecule has 9 atom stereocenters. The number of aromatic nitrogens is 4. The van der Waals surface area contributed by atoms with E-state index >= 15 is 0 Å². The summed E-state index contributed by atoms with van der Waals surface area (Å²) in [7, 11) is -4.86. The average molecular weight is 544 g/mol. The summed E-state index contributed by atoms with van der Waals surface area (Å²) in [4.78, 5) is 41.8. The van der Waals surface area contributed by atoms with Crippen molar-refractivity contribution in [3.63, 3.8) is 0 Å². The first kappa shape index (κ1) is 27.3. The highest BCUT2D eigenvalue weighted by Crippen LogP contribution is 2.51. The minimum absolute atomic E-state index is 0.00822. The lowest BCUT2D eigenvalue weighted by atomic mass is 10.1. The third-order valence-corrected chi connectivity index (χ3v) is 7.86. The fraction of sp³-hybridized carbons (Fsp3) is 0.600. The summed E-state index contributed by atoms with van der Waals surface area (Å²) in [6.45, 7) is -1.05. The van der Waals surface area contributed by atoms with E-state index in [0.29, 0.717) is 0 Å². The van der Waals surface area contributed by atoms with E-state index in [1.165, 1.54) is 24.5 Å². The SMILES string of the molecule is Nc1ccn([C@@H]2C[C@H](COP(=O)(O)O[C@@H]3[C@@H](CO)C[C@@H](n4ccc(N)nc4=O)[C@@H]3O)[C@@H](O)[C@H]2O)c(=O)n1. The van der Waals surface area contributed by atoms with E-state index in [9.17, 15) is 39.5 Å². The summed E-state index contributed by atoms with van der Waals surface area (Å²) in [6.07, 6.45) is -2.95. The third kappa shape index (κ3) is 5.61. The molecule has 0 saturated heterocycles. The number of rotatable bonds is 8. The van der Waals surface area contributed by atoms with Crippen LogP contribution in [-0.4, -0.2) is 82.1 Å². The summed E-state index contributed by atoms with van der Waals surface area (Å²) in [5, 5.41) is 41.4. The quantitative estimate of drug-likeness (QED) is 0.168. The predicted octanol–water partition coefficient (Wildman–Crippen LogP) is -2.64. The molecule has 2 aromatic heterocycles. The Morgan fingerprint density at radius 1 is 0.919 bits per heavy atom. The zero-order chi connectivity index (χ0) is 27.1. The topological polar surface area (TPSA) is 258 Å². The predicted molar refractivity (Wildman–Crippen MR) is 126 cm³/mol. The molecular weight excluding hydrogens is 515 g/mol. The van der Waals surface area contributed by atoms with Crippen molar-refractivity contribution in [1.29, 1.82) is 0 Å². The molecule has 4 rings (SSSR count). The van der Waals surface area contributed by atoms with Gasteiger partial charge in [-0.15, -0.1) is 0 Å². The first-order valence-electron chi connectivity index (χ1n) is 11.4. The van der Waals surface area contributed by atoms with Crippen LogP contribution in [0.2, 0.25) is 0 Å². The molecule has 1 unspecified atom stereocenters. The van der Waals surface area contributed by atoms with Gasteiger partial charge in [-0.2, -0.15) is 9.97 Å². The first-order valence-corrected chi connectivity index (χ1v) is 12.9. The molecule has 9 N–H and O–H groups in total. The molecule has 0 spiro atoms. The Kier molecular flexibility index (Phi) is 7.83. The van der Waals surface area contributed by atoms with E-state index in [4.69, 9.17) is 20.5 Å². The second kappa shape index (κ2) is 10.6. The van der Waals surface area contributed by atoms with Crippen LogP contribution in [0.4, 0.5) is 11.6 Å². The van der Waals surface area contributed by atoms with Crippen LogP contribution < -0.4 is 22.8 Å². The summed E-state index contributed by atoms with van der Waals surface area (Å²) in [5.41, 5.74) is 9.48. The van der Waals surface area contributed by atoms with Crippen LogP contribution in [0, 0.1) is 11.8 Å². The average Bonchev–Trinajstić information content (AvgIpc) is 3.28. The maximum atomic E-state index is 12.7. The molecule has 2 heterocycles. The maximum absolute atomic E-state index is 12.7. The van der Waals surface area contributed by atoms with Crippen molar-refractivity contribution in [3.05, 3.63) is 45.5 Å². The minimum atomic E-state index is -4.86. The van der Waals surface area contributed by atoms with Crippen molar-refractivity contribution in [2.75, 3.05) is 24.7 Å². The molecule has 2 aliphatic rings. The van der Waals surface area contributed by atoms with Gasteiger partial charge in [-0.05, 0) is 25.0 Å². The molecule has 2 aliphatic carbocycles. The number of aliphatic hydroxyl groups excluding tert-OH is 4. The lowest BCUT2D eigenvalue weighted by Crippen LogP contribution is -2.36. The number of nitrogens with two attached hydrogens (primary N) is 2. The molecule has 2 saturated carbocycles. The van der Waals surface area contributed by atoms with Crippen molar-refractivity contribution in [2.24, 2.45) is 11.8 Å². The molecule has 0 aliphatic heterocycles. The summed E-state index contributed by atoms with van der Waals surface area (Å²) < 4.78 is 25.2. The van der Waals surface area contributed by atoms with E-state index in [1.54, 1.807) is 0 Å². The van der Waals surface area contributed by atoms with Gasteiger partial charge in [0.15, 0.2) is 0 Å². The molecular formula is C20H29N6O10P. The molecule has 16 nitrogen and oxygen atoms in total. The lowest BCUT2D eigenvalue weighted by molar-refractivity contribution is -0.0233. The van der Waals surface area contributed by atoms with Gasteiger partial charge in [-0.1, -0.05) is 0 Å². The van der Waals surface area contributed by atoms with Gasteiger partial charge in [0.2, 0.25) is 0 Å².